The number of halogens is 3. The van der Waals surface area contributed by atoms with Crippen LogP contribution in [-0.4, -0.2) is 15.3 Å². The zero-order valence-electron chi connectivity index (χ0n) is 7.91. The van der Waals surface area contributed by atoms with Gasteiger partial charge in [-0.3, -0.25) is 4.68 Å². The zero-order valence-corrected chi connectivity index (χ0v) is 7.91. The van der Waals surface area contributed by atoms with Gasteiger partial charge in [-0.25, -0.2) is 0 Å². The van der Waals surface area contributed by atoms with E-state index in [1.807, 2.05) is 0 Å². The molecule has 0 aliphatic carbocycles. The van der Waals surface area contributed by atoms with Gasteiger partial charge in [0.1, 0.15) is 5.54 Å². The molecule has 0 spiro atoms. The summed E-state index contributed by atoms with van der Waals surface area (Å²) >= 11 is 0. The van der Waals surface area contributed by atoms with Crippen LogP contribution in [0.1, 0.15) is 12.6 Å². The third-order valence-electron chi connectivity index (χ3n) is 1.68. The quantitative estimate of drug-likeness (QED) is 0.809. The summed E-state index contributed by atoms with van der Waals surface area (Å²) in [5.74, 6) is 0. The van der Waals surface area contributed by atoms with E-state index in [9.17, 15) is 13.2 Å². The smallest absolute Gasteiger partial charge is 0.312 e. The predicted octanol–water partition coefficient (Wildman–Crippen LogP) is 1.14. The van der Waals surface area contributed by atoms with E-state index in [2.05, 4.69) is 5.10 Å². The highest BCUT2D eigenvalue weighted by Crippen LogP contribution is 2.27. The molecule has 1 aromatic rings. The molecular formula is C8H9F3N4. The van der Waals surface area contributed by atoms with E-state index in [1.165, 1.54) is 6.92 Å². The number of nitrogens with zero attached hydrogens (tertiary/aromatic N) is 3. The molecule has 1 rings (SSSR count). The molecule has 0 aromatic carbocycles. The molecule has 0 aliphatic rings. The molecular weight excluding hydrogens is 209 g/mol. The van der Waals surface area contributed by atoms with Crippen LogP contribution in [0.2, 0.25) is 0 Å². The monoisotopic (exact) mass is 218 g/mol. The van der Waals surface area contributed by atoms with Gasteiger partial charge in [0.05, 0.1) is 12.6 Å². The van der Waals surface area contributed by atoms with Crippen molar-refractivity contribution in [3.63, 3.8) is 0 Å². The first-order chi connectivity index (χ1) is 6.74. The summed E-state index contributed by atoms with van der Waals surface area (Å²) in [7, 11) is 0. The first kappa shape index (κ1) is 11.5. The molecule has 1 unspecified atom stereocenters. The van der Waals surface area contributed by atoms with E-state index in [4.69, 9.17) is 11.0 Å². The number of alkyl halides is 3. The molecule has 0 fully saturated rings. The third-order valence-corrected chi connectivity index (χ3v) is 1.68. The van der Waals surface area contributed by atoms with Gasteiger partial charge < -0.3 is 5.73 Å². The van der Waals surface area contributed by atoms with Crippen molar-refractivity contribution in [2.45, 2.75) is 25.2 Å². The van der Waals surface area contributed by atoms with Gasteiger partial charge in [-0.05, 0) is 13.0 Å². The van der Waals surface area contributed by atoms with Crippen LogP contribution in [0.25, 0.3) is 0 Å². The maximum atomic E-state index is 12.1. The topological polar surface area (TPSA) is 67.6 Å². The molecule has 0 saturated heterocycles. The predicted molar refractivity (Wildman–Crippen MR) is 45.4 cm³/mol. The normalized spacial score (nSPS) is 15.7. The minimum atomic E-state index is -4.47. The van der Waals surface area contributed by atoms with Crippen molar-refractivity contribution in [2.75, 3.05) is 0 Å². The summed E-state index contributed by atoms with van der Waals surface area (Å²) in [4.78, 5) is 0. The van der Waals surface area contributed by atoms with E-state index >= 15 is 0 Å². The lowest BCUT2D eigenvalue weighted by atomic mass is 10.1. The summed E-state index contributed by atoms with van der Waals surface area (Å²) in [6.45, 7) is 1.33. The minimum absolute atomic E-state index is 0.0837. The Morgan fingerprint density at radius 3 is 2.60 bits per heavy atom. The first-order valence-electron chi connectivity index (χ1n) is 4.05. The molecule has 0 amide bonds. The molecule has 2 N–H and O–H groups in total. The summed E-state index contributed by atoms with van der Waals surface area (Å²) in [5, 5.41) is 11.9. The van der Waals surface area contributed by atoms with Crippen molar-refractivity contribution in [1.82, 2.24) is 9.78 Å². The maximum Gasteiger partial charge on any atom is 0.435 e. The van der Waals surface area contributed by atoms with Crippen LogP contribution in [-0.2, 0) is 12.7 Å². The van der Waals surface area contributed by atoms with E-state index in [-0.39, 0.29) is 6.54 Å². The Balaban J connectivity index is 2.83. The second kappa shape index (κ2) is 3.55. The van der Waals surface area contributed by atoms with Crippen LogP contribution >= 0.6 is 0 Å². The van der Waals surface area contributed by atoms with Gasteiger partial charge in [-0.1, -0.05) is 0 Å². The summed E-state index contributed by atoms with van der Waals surface area (Å²) < 4.78 is 37.4. The molecule has 1 atom stereocenters. The summed E-state index contributed by atoms with van der Waals surface area (Å²) in [6.07, 6.45) is -3.33. The molecule has 7 heteroatoms. The fourth-order valence-electron chi connectivity index (χ4n) is 0.973. The Bertz CT molecular complexity index is 385. The van der Waals surface area contributed by atoms with Crippen molar-refractivity contribution in [3.8, 4) is 6.07 Å². The molecule has 4 nitrogen and oxygen atoms in total. The van der Waals surface area contributed by atoms with Gasteiger partial charge in [0.2, 0.25) is 0 Å². The number of aromatic nitrogens is 2. The van der Waals surface area contributed by atoms with Gasteiger partial charge in [0, 0.05) is 6.20 Å². The number of nitrogens with two attached hydrogens (primary N) is 1. The summed E-state index contributed by atoms with van der Waals surface area (Å²) in [5.41, 5.74) is 3.25. The molecule has 0 radical (unpaired) electrons. The number of hydrogen-bond donors (Lipinski definition) is 1. The Labute approximate surface area is 84.1 Å². The third kappa shape index (κ3) is 2.95. The Hall–Kier alpha value is -1.55. The lowest BCUT2D eigenvalue weighted by Gasteiger charge is -2.14. The highest BCUT2D eigenvalue weighted by atomic mass is 19.4. The average Bonchev–Trinajstić information content (AvgIpc) is 2.51. The van der Waals surface area contributed by atoms with Crippen molar-refractivity contribution >= 4 is 0 Å². The standard InChI is InChI=1S/C8H9F3N4/c1-7(13,4-12)5-15-3-2-6(14-15)8(9,10)11/h2-3H,5,13H2,1H3. The summed E-state index contributed by atoms with van der Waals surface area (Å²) in [6, 6.07) is 2.61. The minimum Gasteiger partial charge on any atom is -0.312 e. The average molecular weight is 218 g/mol. The second-order valence-electron chi connectivity index (χ2n) is 3.43. The molecule has 1 aromatic heterocycles. The molecule has 0 bridgehead atoms. The van der Waals surface area contributed by atoms with Crippen LogP contribution in [0.15, 0.2) is 12.3 Å². The number of hydrogen-bond acceptors (Lipinski definition) is 3. The molecule has 0 aliphatic heterocycles. The molecule has 1 heterocycles. The van der Waals surface area contributed by atoms with Gasteiger partial charge in [0.15, 0.2) is 5.69 Å². The lowest BCUT2D eigenvalue weighted by molar-refractivity contribution is -0.141. The van der Waals surface area contributed by atoms with Crippen molar-refractivity contribution < 1.29 is 13.2 Å². The van der Waals surface area contributed by atoms with Gasteiger partial charge in [0.25, 0.3) is 0 Å². The van der Waals surface area contributed by atoms with E-state index in [0.29, 0.717) is 0 Å². The van der Waals surface area contributed by atoms with E-state index in [0.717, 1.165) is 16.9 Å². The van der Waals surface area contributed by atoms with Crippen molar-refractivity contribution in [3.05, 3.63) is 18.0 Å². The van der Waals surface area contributed by atoms with Crippen LogP contribution in [0.4, 0.5) is 13.2 Å². The SMILES string of the molecule is CC(N)(C#N)Cn1ccc(C(F)(F)F)n1. The van der Waals surface area contributed by atoms with Crippen LogP contribution in [0.3, 0.4) is 0 Å². The van der Waals surface area contributed by atoms with Gasteiger partial charge in [-0.15, -0.1) is 0 Å². The van der Waals surface area contributed by atoms with Gasteiger partial charge >= 0.3 is 6.18 Å². The Kier molecular flexibility index (Phi) is 2.73. The lowest BCUT2D eigenvalue weighted by Crippen LogP contribution is -2.39. The fraction of sp³-hybridized carbons (Fsp3) is 0.500. The number of nitriles is 1. The van der Waals surface area contributed by atoms with E-state index < -0.39 is 17.4 Å². The van der Waals surface area contributed by atoms with Crippen molar-refractivity contribution in [1.29, 1.82) is 5.26 Å². The Morgan fingerprint density at radius 2 is 2.20 bits per heavy atom. The van der Waals surface area contributed by atoms with Crippen molar-refractivity contribution in [2.24, 2.45) is 5.73 Å². The van der Waals surface area contributed by atoms with Crippen LogP contribution < -0.4 is 5.73 Å². The Morgan fingerprint density at radius 1 is 1.60 bits per heavy atom. The maximum absolute atomic E-state index is 12.1. The van der Waals surface area contributed by atoms with E-state index in [1.54, 1.807) is 6.07 Å². The number of rotatable bonds is 2. The first-order valence-corrected chi connectivity index (χ1v) is 4.05. The van der Waals surface area contributed by atoms with Crippen LogP contribution in [0, 0.1) is 11.3 Å². The molecule has 0 saturated carbocycles. The molecule has 15 heavy (non-hydrogen) atoms. The van der Waals surface area contributed by atoms with Crippen LogP contribution in [0.5, 0.6) is 0 Å². The molecule has 82 valence electrons. The largest absolute Gasteiger partial charge is 0.435 e. The second-order valence-corrected chi connectivity index (χ2v) is 3.43. The highest BCUT2D eigenvalue weighted by molar-refractivity contribution is 5.06. The fourth-order valence-corrected chi connectivity index (χ4v) is 0.973. The zero-order chi connectivity index (χ0) is 11.7. The highest BCUT2D eigenvalue weighted by Gasteiger charge is 2.34. The van der Waals surface area contributed by atoms with Gasteiger partial charge in [-0.2, -0.15) is 23.5 Å².